The van der Waals surface area contributed by atoms with Crippen LogP contribution in [0.3, 0.4) is 0 Å². The quantitative estimate of drug-likeness (QED) is 0.623. The number of nitrogens with two attached hydrogens (primary N) is 1. The maximum Gasteiger partial charge on any atom is 0.255 e. The molecule has 1 aliphatic rings. The van der Waals surface area contributed by atoms with Crippen LogP contribution in [0.15, 0.2) is 48.7 Å². The number of carbonyl (C=O) groups excluding carboxylic acids is 2. The zero-order valence-electron chi connectivity index (χ0n) is 18.4. The third-order valence-corrected chi connectivity index (χ3v) is 5.78. The van der Waals surface area contributed by atoms with Crippen molar-refractivity contribution in [2.45, 2.75) is 33.2 Å². The molecule has 3 heterocycles. The number of nitrogens with zero attached hydrogens (tertiary/aromatic N) is 4. The van der Waals surface area contributed by atoms with Gasteiger partial charge < -0.3 is 16.0 Å². The zero-order chi connectivity index (χ0) is 22.7. The highest BCUT2D eigenvalue weighted by Crippen LogP contribution is 2.22. The van der Waals surface area contributed by atoms with Crippen molar-refractivity contribution in [2.75, 3.05) is 23.3 Å². The second kappa shape index (κ2) is 9.21. The summed E-state index contributed by atoms with van der Waals surface area (Å²) in [5, 5.41) is 7.39. The summed E-state index contributed by atoms with van der Waals surface area (Å²) in [5.41, 5.74) is 9.72. The second-order valence-electron chi connectivity index (χ2n) is 8.33. The largest absolute Gasteiger partial charge is 0.369 e. The van der Waals surface area contributed by atoms with Gasteiger partial charge in [-0.15, -0.1) is 0 Å². The number of nitrogens with one attached hydrogen (secondary N) is 1. The van der Waals surface area contributed by atoms with Gasteiger partial charge in [-0.25, -0.2) is 4.98 Å². The fourth-order valence-corrected chi connectivity index (χ4v) is 4.09. The highest BCUT2D eigenvalue weighted by Gasteiger charge is 2.24. The standard InChI is InChI=1S/C24H28N6O2/c1-16-11-17(2)30(28-16)14-18-5-3-6-19(12-18)24(32)27-21-8-9-22(26-13-21)29-10-4-7-20(15-29)23(25)31/h3,5-6,8-9,11-13,20H,4,7,10,14-15H2,1-2H3,(H2,25,31)(H,27,32). The molecular formula is C24H28N6O2. The van der Waals surface area contributed by atoms with Crippen LogP contribution >= 0.6 is 0 Å². The molecular weight excluding hydrogens is 404 g/mol. The molecule has 32 heavy (non-hydrogen) atoms. The number of carbonyl (C=O) groups is 2. The summed E-state index contributed by atoms with van der Waals surface area (Å²) in [4.78, 5) is 30.8. The summed E-state index contributed by atoms with van der Waals surface area (Å²) in [6, 6.07) is 13.3. The Kier molecular flexibility index (Phi) is 6.20. The van der Waals surface area contributed by atoms with E-state index in [1.165, 1.54) is 0 Å². The molecule has 166 valence electrons. The van der Waals surface area contributed by atoms with Gasteiger partial charge in [-0.3, -0.25) is 14.3 Å². The number of primary amides is 1. The Bertz CT molecular complexity index is 1120. The van der Waals surface area contributed by atoms with Gasteiger partial charge in [-0.1, -0.05) is 12.1 Å². The summed E-state index contributed by atoms with van der Waals surface area (Å²) < 4.78 is 1.93. The van der Waals surface area contributed by atoms with Crippen LogP contribution in [0.5, 0.6) is 0 Å². The van der Waals surface area contributed by atoms with E-state index >= 15 is 0 Å². The zero-order valence-corrected chi connectivity index (χ0v) is 18.4. The fraction of sp³-hybridized carbons (Fsp3) is 0.333. The minimum Gasteiger partial charge on any atom is -0.369 e. The van der Waals surface area contributed by atoms with E-state index in [4.69, 9.17) is 5.73 Å². The number of aromatic nitrogens is 3. The predicted octanol–water partition coefficient (Wildman–Crippen LogP) is 2.90. The van der Waals surface area contributed by atoms with Crippen molar-refractivity contribution >= 4 is 23.3 Å². The van der Waals surface area contributed by atoms with E-state index in [1.54, 1.807) is 12.3 Å². The average Bonchev–Trinajstić information content (AvgIpc) is 3.11. The lowest BCUT2D eigenvalue weighted by molar-refractivity contribution is -0.122. The minimum atomic E-state index is -0.265. The van der Waals surface area contributed by atoms with Gasteiger partial charge in [0.25, 0.3) is 5.91 Å². The van der Waals surface area contributed by atoms with Gasteiger partial charge in [0, 0.05) is 24.3 Å². The first-order valence-electron chi connectivity index (χ1n) is 10.8. The van der Waals surface area contributed by atoms with E-state index < -0.39 is 0 Å². The van der Waals surface area contributed by atoms with Crippen molar-refractivity contribution in [2.24, 2.45) is 11.7 Å². The molecule has 1 atom stereocenters. The molecule has 0 spiro atoms. The Hall–Kier alpha value is -3.68. The van der Waals surface area contributed by atoms with Crippen molar-refractivity contribution in [3.8, 4) is 0 Å². The maximum atomic E-state index is 12.8. The molecule has 8 heteroatoms. The lowest BCUT2D eigenvalue weighted by Crippen LogP contribution is -2.41. The van der Waals surface area contributed by atoms with Crippen LogP contribution in [0.2, 0.25) is 0 Å². The number of hydrogen-bond acceptors (Lipinski definition) is 5. The van der Waals surface area contributed by atoms with Crippen LogP contribution in [-0.4, -0.2) is 39.7 Å². The number of benzene rings is 1. The molecule has 1 aliphatic heterocycles. The van der Waals surface area contributed by atoms with Crippen molar-refractivity contribution in [3.63, 3.8) is 0 Å². The summed E-state index contributed by atoms with van der Waals surface area (Å²) in [5.74, 6) is 0.174. The number of anilines is 2. The Morgan fingerprint density at radius 3 is 2.72 bits per heavy atom. The first-order chi connectivity index (χ1) is 15.4. The van der Waals surface area contributed by atoms with Crippen molar-refractivity contribution in [1.29, 1.82) is 0 Å². The molecule has 1 aromatic carbocycles. The highest BCUT2D eigenvalue weighted by atomic mass is 16.2. The normalized spacial score (nSPS) is 16.1. The third-order valence-electron chi connectivity index (χ3n) is 5.78. The fourth-order valence-electron chi connectivity index (χ4n) is 4.09. The molecule has 4 rings (SSSR count). The lowest BCUT2D eigenvalue weighted by Gasteiger charge is -2.32. The molecule has 3 N–H and O–H groups in total. The van der Waals surface area contributed by atoms with Crippen LogP contribution in [-0.2, 0) is 11.3 Å². The molecule has 8 nitrogen and oxygen atoms in total. The van der Waals surface area contributed by atoms with E-state index in [-0.39, 0.29) is 17.7 Å². The topological polar surface area (TPSA) is 106 Å². The maximum absolute atomic E-state index is 12.8. The van der Waals surface area contributed by atoms with Gasteiger partial charge in [0.05, 0.1) is 30.0 Å². The van der Waals surface area contributed by atoms with Gasteiger partial charge in [0.2, 0.25) is 5.91 Å². The monoisotopic (exact) mass is 432 g/mol. The second-order valence-corrected chi connectivity index (χ2v) is 8.33. The number of amides is 2. The Balaban J connectivity index is 1.41. The predicted molar refractivity (Wildman–Crippen MR) is 124 cm³/mol. The van der Waals surface area contributed by atoms with Gasteiger partial charge in [0.15, 0.2) is 0 Å². The lowest BCUT2D eigenvalue weighted by atomic mass is 9.97. The van der Waals surface area contributed by atoms with Crippen molar-refractivity contribution in [1.82, 2.24) is 14.8 Å². The van der Waals surface area contributed by atoms with Crippen LogP contribution in [0.1, 0.15) is 40.2 Å². The summed E-state index contributed by atoms with van der Waals surface area (Å²) in [6.45, 7) is 6.01. The van der Waals surface area contributed by atoms with Gasteiger partial charge in [0.1, 0.15) is 5.82 Å². The van der Waals surface area contributed by atoms with Gasteiger partial charge in [-0.05, 0) is 62.6 Å². The molecule has 0 bridgehead atoms. The van der Waals surface area contributed by atoms with E-state index in [0.29, 0.717) is 24.3 Å². The van der Waals surface area contributed by atoms with Crippen LogP contribution in [0.4, 0.5) is 11.5 Å². The summed E-state index contributed by atoms with van der Waals surface area (Å²) in [6.07, 6.45) is 3.36. The molecule has 0 aliphatic carbocycles. The molecule has 2 aromatic heterocycles. The van der Waals surface area contributed by atoms with Gasteiger partial charge >= 0.3 is 0 Å². The van der Waals surface area contributed by atoms with Crippen LogP contribution < -0.4 is 16.0 Å². The SMILES string of the molecule is Cc1cc(C)n(Cc2cccc(C(=O)Nc3ccc(N4CCCC(C(N)=O)C4)nc3)c2)n1. The molecule has 2 amide bonds. The number of rotatable bonds is 6. The van der Waals surface area contributed by atoms with Crippen LogP contribution in [0, 0.1) is 19.8 Å². The molecule has 3 aromatic rings. The first kappa shape index (κ1) is 21.5. The number of pyridine rings is 1. The van der Waals surface area contributed by atoms with E-state index in [0.717, 1.165) is 42.2 Å². The van der Waals surface area contributed by atoms with Crippen LogP contribution in [0.25, 0.3) is 0 Å². The molecule has 1 unspecified atom stereocenters. The average molecular weight is 433 g/mol. The van der Waals surface area contributed by atoms with E-state index in [9.17, 15) is 9.59 Å². The number of hydrogen-bond donors (Lipinski definition) is 2. The summed E-state index contributed by atoms with van der Waals surface area (Å²) >= 11 is 0. The summed E-state index contributed by atoms with van der Waals surface area (Å²) in [7, 11) is 0. The number of aryl methyl sites for hydroxylation is 2. The van der Waals surface area contributed by atoms with Crippen molar-refractivity contribution < 1.29 is 9.59 Å². The molecule has 0 saturated carbocycles. The van der Waals surface area contributed by atoms with Gasteiger partial charge in [-0.2, -0.15) is 5.10 Å². The minimum absolute atomic E-state index is 0.147. The molecule has 0 radical (unpaired) electrons. The number of piperidine rings is 1. The van der Waals surface area contributed by atoms with E-state index in [1.807, 2.05) is 54.9 Å². The van der Waals surface area contributed by atoms with E-state index in [2.05, 4.69) is 20.3 Å². The smallest absolute Gasteiger partial charge is 0.255 e. The first-order valence-corrected chi connectivity index (χ1v) is 10.8. The Labute approximate surface area is 187 Å². The Morgan fingerprint density at radius 1 is 1.19 bits per heavy atom. The third kappa shape index (κ3) is 4.96. The molecule has 1 saturated heterocycles. The molecule has 1 fully saturated rings. The Morgan fingerprint density at radius 2 is 2.03 bits per heavy atom. The highest BCUT2D eigenvalue weighted by molar-refractivity contribution is 6.04. The van der Waals surface area contributed by atoms with Crippen molar-refractivity contribution in [3.05, 3.63) is 71.2 Å².